The van der Waals surface area contributed by atoms with Crippen molar-refractivity contribution in [2.45, 2.75) is 174 Å². The first kappa shape index (κ1) is 50.0. The molecule has 67 heavy (non-hydrogen) atoms. The molecule has 2 saturated heterocycles. The number of aromatic hydroxyl groups is 1. The molecule has 7 aliphatic rings. The lowest BCUT2D eigenvalue weighted by Crippen LogP contribution is -2.68. The van der Waals surface area contributed by atoms with E-state index in [-0.39, 0.29) is 40.4 Å². The maximum atomic E-state index is 15.1. The molecule has 0 bridgehead atoms. The van der Waals surface area contributed by atoms with Crippen LogP contribution in [0.4, 0.5) is 0 Å². The number of phenolic OH excluding ortho intramolecular Hbond substituents is 1. The standard InChI is InChI=1S/C51H72O16/c1-46(2)21-22-51(45(61)67-44-41(36(56)30(53)25-63-44)65-35(55)16-11-26-9-12-27(52)13-10-26)29(23-46)28-14-15-32-48(5)19-18-34(64-43-39(59)37(57)38(58)40(66-43)42(60)62-8)47(3,4)31(48)17-20-49(32,6)50(28,7)24-33(51)54/h9-14,16,29-34,36-41,43-44,52-54,56-59H,15,17-25H2,1-8H3/b16-11+/t29-,30+,31-,32+,33+,34-,36-,37-,38-,39+,40-,41+,43+,44-,48-,49+,50+,51+/m0/s1. The molecular weight excluding hydrogens is 869 g/mol. The van der Waals surface area contributed by atoms with Gasteiger partial charge in [-0.1, -0.05) is 72.2 Å². The molecule has 0 amide bonds. The van der Waals surface area contributed by atoms with Gasteiger partial charge in [0.15, 0.2) is 18.5 Å². The minimum atomic E-state index is -1.69. The Bertz CT molecular complexity index is 2100. The van der Waals surface area contributed by atoms with Crippen LogP contribution in [0.3, 0.4) is 0 Å². The van der Waals surface area contributed by atoms with Gasteiger partial charge in [0.25, 0.3) is 0 Å². The molecule has 4 saturated carbocycles. The van der Waals surface area contributed by atoms with Gasteiger partial charge in [-0.25, -0.2) is 9.59 Å². The Morgan fingerprint density at radius 1 is 0.776 bits per heavy atom. The summed E-state index contributed by atoms with van der Waals surface area (Å²) in [6, 6.07) is 6.11. The van der Waals surface area contributed by atoms with Gasteiger partial charge < -0.3 is 64.2 Å². The lowest BCUT2D eigenvalue weighted by Gasteiger charge is -2.71. The number of rotatable bonds is 8. The number of carbonyl (C=O) groups is 3. The summed E-state index contributed by atoms with van der Waals surface area (Å²) >= 11 is 0. The van der Waals surface area contributed by atoms with E-state index in [1.807, 2.05) is 0 Å². The van der Waals surface area contributed by atoms with Crippen molar-refractivity contribution in [1.82, 2.24) is 0 Å². The summed E-state index contributed by atoms with van der Waals surface area (Å²) in [7, 11) is 1.15. The van der Waals surface area contributed by atoms with E-state index >= 15 is 4.79 Å². The number of allylic oxidation sites excluding steroid dienone is 2. The maximum absolute atomic E-state index is 15.1. The van der Waals surface area contributed by atoms with Crippen LogP contribution in [0.5, 0.6) is 5.75 Å². The van der Waals surface area contributed by atoms with Crippen LogP contribution in [0.25, 0.3) is 6.08 Å². The van der Waals surface area contributed by atoms with Gasteiger partial charge in [-0.2, -0.15) is 0 Å². The number of esters is 3. The number of aliphatic hydroxyl groups excluding tert-OH is 6. The minimum absolute atomic E-state index is 0.0571. The summed E-state index contributed by atoms with van der Waals surface area (Å²) < 4.78 is 34.6. The molecule has 16 heteroatoms. The fourth-order valence-corrected chi connectivity index (χ4v) is 14.5. The molecule has 16 nitrogen and oxygen atoms in total. The molecule has 1 aromatic carbocycles. The average Bonchev–Trinajstić information content (AvgIpc) is 3.26. The topological polar surface area (TPSA) is 248 Å². The van der Waals surface area contributed by atoms with Crippen molar-refractivity contribution in [1.29, 1.82) is 0 Å². The largest absolute Gasteiger partial charge is 0.508 e. The van der Waals surface area contributed by atoms with Gasteiger partial charge in [-0.05, 0) is 126 Å². The van der Waals surface area contributed by atoms with Crippen LogP contribution in [0.1, 0.15) is 112 Å². The first-order valence-corrected chi connectivity index (χ1v) is 24.0. The molecule has 5 aliphatic carbocycles. The smallest absolute Gasteiger partial charge is 0.337 e. The Labute approximate surface area is 392 Å². The molecule has 8 rings (SSSR count). The predicted octanol–water partition coefficient (Wildman–Crippen LogP) is 4.08. The predicted molar refractivity (Wildman–Crippen MR) is 239 cm³/mol. The molecule has 6 fully saturated rings. The van der Waals surface area contributed by atoms with Gasteiger partial charge in [0.1, 0.15) is 41.7 Å². The molecule has 2 heterocycles. The molecule has 2 aliphatic heterocycles. The highest BCUT2D eigenvalue weighted by atomic mass is 16.7. The van der Waals surface area contributed by atoms with E-state index in [0.717, 1.165) is 44.4 Å². The van der Waals surface area contributed by atoms with E-state index in [9.17, 15) is 45.3 Å². The van der Waals surface area contributed by atoms with Crippen molar-refractivity contribution in [3.8, 4) is 5.75 Å². The van der Waals surface area contributed by atoms with Crippen LogP contribution in [-0.4, -0.2) is 135 Å². The van der Waals surface area contributed by atoms with Gasteiger partial charge in [0.2, 0.25) is 6.29 Å². The molecule has 0 spiro atoms. The van der Waals surface area contributed by atoms with Crippen LogP contribution in [0.15, 0.2) is 42.0 Å². The maximum Gasteiger partial charge on any atom is 0.337 e. The molecule has 7 N–H and O–H groups in total. The number of benzene rings is 1. The Morgan fingerprint density at radius 3 is 2.16 bits per heavy atom. The second-order valence-corrected chi connectivity index (χ2v) is 22.9. The SMILES string of the molecule is COC(=O)[C@H]1O[C@@H](O[C@H]2CC[C@]3(C)[C@H]4CC=C5[C@@H]6CC(C)(C)CC[C@]6(C(=O)O[C@@H]6OC[C@@H](O)[C@H](O)[C@H]6OC(=O)/C=C/c6ccc(O)cc6)[C@H](O)C[C@@]5(C)[C@]4(C)CC[C@H]3C2(C)C)[C@H](O)[C@@H](O)[C@@H]1O. The van der Waals surface area contributed by atoms with Gasteiger partial charge >= 0.3 is 17.9 Å². The highest BCUT2D eigenvalue weighted by Gasteiger charge is 2.72. The summed E-state index contributed by atoms with van der Waals surface area (Å²) in [5.41, 5.74) is -1.29. The van der Waals surface area contributed by atoms with E-state index in [0.29, 0.717) is 37.7 Å². The number of hydrogen-bond acceptors (Lipinski definition) is 16. The molecule has 0 aromatic heterocycles. The molecule has 1 aromatic rings. The van der Waals surface area contributed by atoms with Crippen LogP contribution >= 0.6 is 0 Å². The lowest BCUT2D eigenvalue weighted by atomic mass is 9.33. The number of fused-ring (bicyclic) bond motifs is 7. The Hall–Kier alpha value is -3.45. The number of carbonyl (C=O) groups excluding carboxylic acids is 3. The first-order valence-electron chi connectivity index (χ1n) is 24.0. The highest BCUT2D eigenvalue weighted by Crippen LogP contribution is 2.76. The van der Waals surface area contributed by atoms with Crippen molar-refractivity contribution < 1.29 is 78.6 Å². The van der Waals surface area contributed by atoms with Crippen molar-refractivity contribution in [3.05, 3.63) is 47.6 Å². The summed E-state index contributed by atoms with van der Waals surface area (Å²) in [6.45, 7) is 15.3. The van der Waals surface area contributed by atoms with Gasteiger partial charge in [-0.3, -0.25) is 4.79 Å². The third-order valence-corrected chi connectivity index (χ3v) is 18.5. The van der Waals surface area contributed by atoms with Gasteiger partial charge in [-0.15, -0.1) is 0 Å². The fraction of sp³-hybridized carbons (Fsp3) is 0.745. The number of hydrogen-bond donors (Lipinski definition) is 7. The van der Waals surface area contributed by atoms with Crippen LogP contribution < -0.4 is 0 Å². The molecule has 372 valence electrons. The first-order chi connectivity index (χ1) is 31.3. The van der Waals surface area contributed by atoms with E-state index in [1.165, 1.54) is 18.2 Å². The van der Waals surface area contributed by atoms with Crippen molar-refractivity contribution in [2.75, 3.05) is 13.7 Å². The summed E-state index contributed by atoms with van der Waals surface area (Å²) in [6.07, 6.45) is -5.04. The second kappa shape index (κ2) is 17.7. The summed E-state index contributed by atoms with van der Waals surface area (Å²) in [5.74, 6) is -2.49. The quantitative estimate of drug-likeness (QED) is 0.0638. The zero-order valence-corrected chi connectivity index (χ0v) is 40.0. The Morgan fingerprint density at radius 2 is 1.48 bits per heavy atom. The Kier molecular flexibility index (Phi) is 13.2. The number of methoxy groups -OCH3 is 1. The molecular formula is C51H72O16. The van der Waals surface area contributed by atoms with E-state index < -0.39 is 108 Å². The van der Waals surface area contributed by atoms with Crippen molar-refractivity contribution in [3.63, 3.8) is 0 Å². The molecule has 18 atom stereocenters. The third kappa shape index (κ3) is 8.17. The number of aliphatic hydroxyl groups is 6. The van der Waals surface area contributed by atoms with Crippen LogP contribution in [-0.2, 0) is 42.8 Å². The van der Waals surface area contributed by atoms with Crippen molar-refractivity contribution in [2.24, 2.45) is 50.2 Å². The zero-order valence-electron chi connectivity index (χ0n) is 40.0. The monoisotopic (exact) mass is 940 g/mol. The van der Waals surface area contributed by atoms with E-state index in [4.69, 9.17) is 28.4 Å². The fourth-order valence-electron chi connectivity index (χ4n) is 14.5. The normalized spacial score (nSPS) is 45.6. The van der Waals surface area contributed by atoms with E-state index in [2.05, 4.69) is 54.5 Å². The molecule has 0 unspecified atom stereocenters. The summed E-state index contributed by atoms with van der Waals surface area (Å²) in [4.78, 5) is 40.6. The number of ether oxygens (including phenoxy) is 6. The highest BCUT2D eigenvalue weighted by molar-refractivity contribution is 5.87. The zero-order chi connectivity index (χ0) is 48.8. The summed E-state index contributed by atoms with van der Waals surface area (Å²) in [5, 5.41) is 76.2. The van der Waals surface area contributed by atoms with Gasteiger partial charge in [0, 0.05) is 6.08 Å². The average molecular weight is 941 g/mol. The Balaban J connectivity index is 1.05. The third-order valence-electron chi connectivity index (χ3n) is 18.5. The van der Waals surface area contributed by atoms with E-state index in [1.54, 1.807) is 12.1 Å². The van der Waals surface area contributed by atoms with Crippen LogP contribution in [0, 0.1) is 50.2 Å². The lowest BCUT2D eigenvalue weighted by molar-refractivity contribution is -0.324. The van der Waals surface area contributed by atoms with Gasteiger partial charge in [0.05, 0.1) is 25.9 Å². The van der Waals surface area contributed by atoms with Crippen LogP contribution in [0.2, 0.25) is 0 Å². The van der Waals surface area contributed by atoms with Crippen molar-refractivity contribution >= 4 is 24.0 Å². The number of phenols is 1. The molecule has 0 radical (unpaired) electrons. The second-order valence-electron chi connectivity index (χ2n) is 22.9. The minimum Gasteiger partial charge on any atom is -0.508 e.